The summed E-state index contributed by atoms with van der Waals surface area (Å²) < 4.78 is 11.4. The van der Waals surface area contributed by atoms with E-state index in [0.717, 1.165) is 49.7 Å². The zero-order valence-electron chi connectivity index (χ0n) is 19.2. The van der Waals surface area contributed by atoms with Crippen molar-refractivity contribution in [3.63, 3.8) is 0 Å². The molecule has 0 radical (unpaired) electrons. The van der Waals surface area contributed by atoms with Crippen LogP contribution in [-0.4, -0.2) is 67.5 Å². The maximum Gasteiger partial charge on any atom is 0.191 e. The van der Waals surface area contributed by atoms with Crippen LogP contribution < -0.4 is 15.4 Å². The Hall–Kier alpha value is -2.61. The highest BCUT2D eigenvalue weighted by Crippen LogP contribution is 2.20. The number of rotatable bonds is 10. The van der Waals surface area contributed by atoms with Crippen LogP contribution in [0.5, 0.6) is 5.75 Å². The standard InChI is InChI=1S/C25H36N4O3/c1-3-26-24(28-19-25(2,30)20-29-13-15-31-16-14-29)27-17-22-11-7-8-12-23(22)32-18-21-9-5-4-6-10-21/h4-12,30H,3,13-20H2,1-2H3,(H2,26,27,28). The lowest BCUT2D eigenvalue weighted by Gasteiger charge is -2.34. The molecule has 32 heavy (non-hydrogen) atoms. The predicted molar refractivity (Wildman–Crippen MR) is 128 cm³/mol. The molecule has 0 aliphatic carbocycles. The molecule has 174 valence electrons. The summed E-state index contributed by atoms with van der Waals surface area (Å²) in [6.07, 6.45) is 0. The average Bonchev–Trinajstić information content (AvgIpc) is 2.81. The molecule has 1 aliphatic heterocycles. The van der Waals surface area contributed by atoms with Gasteiger partial charge in [-0.05, 0) is 25.5 Å². The summed E-state index contributed by atoms with van der Waals surface area (Å²) in [5.74, 6) is 1.50. The Morgan fingerprint density at radius 1 is 1.09 bits per heavy atom. The van der Waals surface area contributed by atoms with E-state index in [2.05, 4.69) is 27.7 Å². The summed E-state index contributed by atoms with van der Waals surface area (Å²) in [6.45, 7) is 9.76. The lowest BCUT2D eigenvalue weighted by atomic mass is 10.1. The molecule has 0 saturated carbocycles. The van der Waals surface area contributed by atoms with Gasteiger partial charge in [-0.3, -0.25) is 4.90 Å². The van der Waals surface area contributed by atoms with Crippen molar-refractivity contribution in [2.45, 2.75) is 32.6 Å². The van der Waals surface area contributed by atoms with E-state index in [1.807, 2.05) is 56.3 Å². The van der Waals surface area contributed by atoms with E-state index in [1.165, 1.54) is 0 Å². The number of para-hydroxylation sites is 1. The number of morpholine rings is 1. The van der Waals surface area contributed by atoms with Gasteiger partial charge in [0.05, 0.1) is 25.4 Å². The van der Waals surface area contributed by atoms with Gasteiger partial charge < -0.3 is 25.2 Å². The first-order chi connectivity index (χ1) is 15.6. The highest BCUT2D eigenvalue weighted by atomic mass is 16.5. The molecular weight excluding hydrogens is 404 g/mol. The second-order valence-corrected chi connectivity index (χ2v) is 8.32. The molecule has 2 aromatic rings. The van der Waals surface area contributed by atoms with Crippen LogP contribution in [0.3, 0.4) is 0 Å². The summed E-state index contributed by atoms with van der Waals surface area (Å²) in [4.78, 5) is 6.95. The highest BCUT2D eigenvalue weighted by molar-refractivity contribution is 5.79. The number of nitrogens with one attached hydrogen (secondary N) is 2. The van der Waals surface area contributed by atoms with Crippen molar-refractivity contribution in [3.8, 4) is 5.75 Å². The number of hydrogen-bond acceptors (Lipinski definition) is 5. The largest absolute Gasteiger partial charge is 0.489 e. The van der Waals surface area contributed by atoms with E-state index < -0.39 is 5.60 Å². The van der Waals surface area contributed by atoms with Crippen molar-refractivity contribution < 1.29 is 14.6 Å². The van der Waals surface area contributed by atoms with E-state index in [9.17, 15) is 5.11 Å². The second-order valence-electron chi connectivity index (χ2n) is 8.32. The van der Waals surface area contributed by atoms with Gasteiger partial charge in [-0.1, -0.05) is 48.5 Å². The molecule has 7 nitrogen and oxygen atoms in total. The number of hydrogen-bond donors (Lipinski definition) is 3. The van der Waals surface area contributed by atoms with Gasteiger partial charge in [0.15, 0.2) is 5.96 Å². The van der Waals surface area contributed by atoms with Gasteiger partial charge in [0, 0.05) is 38.3 Å². The van der Waals surface area contributed by atoms with E-state index in [0.29, 0.717) is 32.2 Å². The molecule has 7 heteroatoms. The average molecular weight is 441 g/mol. The zero-order chi connectivity index (χ0) is 22.7. The molecule has 0 aromatic heterocycles. The molecule has 1 saturated heterocycles. The third-order valence-corrected chi connectivity index (χ3v) is 5.27. The third kappa shape index (κ3) is 8.15. The molecule has 0 amide bonds. The van der Waals surface area contributed by atoms with Crippen LogP contribution >= 0.6 is 0 Å². The van der Waals surface area contributed by atoms with E-state index in [1.54, 1.807) is 0 Å². The van der Waals surface area contributed by atoms with Crippen molar-refractivity contribution in [3.05, 3.63) is 65.7 Å². The maximum absolute atomic E-state index is 10.8. The molecule has 3 N–H and O–H groups in total. The SMILES string of the molecule is CCNC(=NCc1ccccc1OCc1ccccc1)NCC(C)(O)CN1CCOCC1. The first-order valence-electron chi connectivity index (χ1n) is 11.3. The lowest BCUT2D eigenvalue weighted by molar-refractivity contribution is -0.0201. The Labute approximate surface area is 191 Å². The van der Waals surface area contributed by atoms with Crippen molar-refractivity contribution >= 4 is 5.96 Å². The van der Waals surface area contributed by atoms with Crippen molar-refractivity contribution in [1.82, 2.24) is 15.5 Å². The summed E-state index contributed by atoms with van der Waals surface area (Å²) in [7, 11) is 0. The van der Waals surface area contributed by atoms with Crippen molar-refractivity contribution in [1.29, 1.82) is 0 Å². The molecule has 0 bridgehead atoms. The molecule has 1 heterocycles. The Kier molecular flexibility index (Phi) is 9.34. The molecule has 1 fully saturated rings. The molecule has 0 spiro atoms. The molecular formula is C25H36N4O3. The maximum atomic E-state index is 10.8. The Morgan fingerprint density at radius 3 is 2.56 bits per heavy atom. The first-order valence-corrected chi connectivity index (χ1v) is 11.3. The highest BCUT2D eigenvalue weighted by Gasteiger charge is 2.25. The van der Waals surface area contributed by atoms with Crippen molar-refractivity contribution in [2.24, 2.45) is 4.99 Å². The molecule has 1 aliphatic rings. The van der Waals surface area contributed by atoms with Gasteiger partial charge in [0.2, 0.25) is 0 Å². The summed E-state index contributed by atoms with van der Waals surface area (Å²) in [5.41, 5.74) is 1.27. The van der Waals surface area contributed by atoms with Gasteiger partial charge in [-0.2, -0.15) is 0 Å². The number of nitrogens with zero attached hydrogens (tertiary/aromatic N) is 2. The van der Waals surface area contributed by atoms with Gasteiger partial charge in [0.1, 0.15) is 12.4 Å². The summed E-state index contributed by atoms with van der Waals surface area (Å²) >= 11 is 0. The van der Waals surface area contributed by atoms with Crippen molar-refractivity contribution in [2.75, 3.05) is 45.9 Å². The van der Waals surface area contributed by atoms with Crippen LogP contribution in [0, 0.1) is 0 Å². The van der Waals surface area contributed by atoms with Crippen LogP contribution in [0.15, 0.2) is 59.6 Å². The fraction of sp³-hybridized carbons (Fsp3) is 0.480. The second kappa shape index (κ2) is 12.4. The number of ether oxygens (including phenoxy) is 2. The monoisotopic (exact) mass is 440 g/mol. The smallest absolute Gasteiger partial charge is 0.191 e. The predicted octanol–water partition coefficient (Wildman–Crippen LogP) is 2.40. The number of β-amino-alcohol motifs (C(OH)–C–C–N with tert-alkyl or cyclic N) is 1. The van der Waals surface area contributed by atoms with Gasteiger partial charge in [0.25, 0.3) is 0 Å². The molecule has 1 atom stereocenters. The summed E-state index contributed by atoms with van der Waals surface area (Å²) in [5, 5.41) is 17.4. The molecule has 3 rings (SSSR count). The molecule has 2 aromatic carbocycles. The van der Waals surface area contributed by atoms with E-state index in [-0.39, 0.29) is 0 Å². The Morgan fingerprint density at radius 2 is 1.81 bits per heavy atom. The van der Waals surface area contributed by atoms with Crippen LogP contribution in [0.2, 0.25) is 0 Å². The number of benzene rings is 2. The van der Waals surface area contributed by atoms with Crippen LogP contribution in [0.25, 0.3) is 0 Å². The fourth-order valence-corrected chi connectivity index (χ4v) is 3.59. The minimum Gasteiger partial charge on any atom is -0.489 e. The lowest BCUT2D eigenvalue weighted by Crippen LogP contribution is -2.52. The number of aliphatic hydroxyl groups is 1. The Bertz CT molecular complexity index is 836. The van der Waals surface area contributed by atoms with E-state index in [4.69, 9.17) is 14.5 Å². The van der Waals surface area contributed by atoms with Gasteiger partial charge in [-0.25, -0.2) is 4.99 Å². The minimum atomic E-state index is -0.871. The number of guanidine groups is 1. The van der Waals surface area contributed by atoms with Gasteiger partial charge in [-0.15, -0.1) is 0 Å². The zero-order valence-corrected chi connectivity index (χ0v) is 19.2. The van der Waals surface area contributed by atoms with Gasteiger partial charge >= 0.3 is 0 Å². The quantitative estimate of drug-likeness (QED) is 0.389. The van der Waals surface area contributed by atoms with Crippen LogP contribution in [0.4, 0.5) is 0 Å². The third-order valence-electron chi connectivity index (χ3n) is 5.27. The minimum absolute atomic E-state index is 0.405. The normalized spacial score (nSPS) is 16.9. The first kappa shape index (κ1) is 24.0. The summed E-state index contributed by atoms with van der Waals surface area (Å²) in [6, 6.07) is 18.1. The van der Waals surface area contributed by atoms with E-state index >= 15 is 0 Å². The van der Waals surface area contributed by atoms with Crippen LogP contribution in [-0.2, 0) is 17.9 Å². The Balaban J connectivity index is 1.57. The fourth-order valence-electron chi connectivity index (χ4n) is 3.59. The number of aliphatic imine (C=N–C) groups is 1. The topological polar surface area (TPSA) is 78.4 Å². The molecule has 1 unspecified atom stereocenters. The van der Waals surface area contributed by atoms with Crippen LogP contribution in [0.1, 0.15) is 25.0 Å².